The number of anilines is 2. The molecule has 9 heteroatoms. The lowest BCUT2D eigenvalue weighted by molar-refractivity contribution is -0.115. The lowest BCUT2D eigenvalue weighted by Crippen LogP contribution is -2.21. The van der Waals surface area contributed by atoms with Gasteiger partial charge in [0.1, 0.15) is 4.90 Å². The van der Waals surface area contributed by atoms with E-state index in [1.165, 1.54) is 24.4 Å². The van der Waals surface area contributed by atoms with Crippen molar-refractivity contribution >= 4 is 45.3 Å². The first kappa shape index (κ1) is 22.4. The van der Waals surface area contributed by atoms with Crippen LogP contribution in [0.25, 0.3) is 0 Å². The molecular weight excluding hydrogens is 414 g/mol. The number of rotatable bonds is 8. The fraction of sp³-hybridized carbons (Fsp3) is 0.100. The second-order valence-corrected chi connectivity index (χ2v) is 7.86. The number of carbonyl (C=O) groups is 2. The second kappa shape index (κ2) is 10.0. The van der Waals surface area contributed by atoms with Gasteiger partial charge in [-0.15, -0.1) is 0 Å². The SMILES string of the molecule is C/C=C\C=C/N(C=O)c1ccc(NC(=O)Cc2ccccc2Cl)cc1S(N)(=O)=O. The number of carbonyl (C=O) groups excluding carboxylic acids is 2. The minimum Gasteiger partial charge on any atom is -0.326 e. The van der Waals surface area contributed by atoms with Gasteiger partial charge in [0.2, 0.25) is 22.3 Å². The molecule has 0 aliphatic rings. The zero-order valence-corrected chi connectivity index (χ0v) is 17.2. The van der Waals surface area contributed by atoms with Gasteiger partial charge in [0, 0.05) is 16.9 Å². The number of primary sulfonamides is 1. The molecule has 0 aliphatic heterocycles. The Balaban J connectivity index is 2.32. The maximum Gasteiger partial charge on any atom is 0.240 e. The molecule has 152 valence electrons. The van der Waals surface area contributed by atoms with Gasteiger partial charge in [-0.1, -0.05) is 42.0 Å². The highest BCUT2D eigenvalue weighted by Gasteiger charge is 2.19. The molecule has 2 amide bonds. The molecule has 2 rings (SSSR count). The summed E-state index contributed by atoms with van der Waals surface area (Å²) in [7, 11) is -4.17. The highest BCUT2D eigenvalue weighted by Crippen LogP contribution is 2.28. The molecule has 2 aromatic rings. The van der Waals surface area contributed by atoms with Crippen molar-refractivity contribution in [2.45, 2.75) is 18.2 Å². The molecule has 0 saturated heterocycles. The Morgan fingerprint density at radius 1 is 1.21 bits per heavy atom. The predicted molar refractivity (Wildman–Crippen MR) is 114 cm³/mol. The van der Waals surface area contributed by atoms with Crippen LogP contribution in [0.3, 0.4) is 0 Å². The average Bonchev–Trinajstić information content (AvgIpc) is 2.67. The van der Waals surface area contributed by atoms with Crippen LogP contribution in [0, 0.1) is 0 Å². The van der Waals surface area contributed by atoms with E-state index in [-0.39, 0.29) is 28.6 Å². The zero-order valence-electron chi connectivity index (χ0n) is 15.6. The lowest BCUT2D eigenvalue weighted by atomic mass is 10.1. The number of halogens is 1. The van der Waals surface area contributed by atoms with Gasteiger partial charge in [-0.05, 0) is 42.8 Å². The fourth-order valence-electron chi connectivity index (χ4n) is 2.48. The lowest BCUT2D eigenvalue weighted by Gasteiger charge is -2.17. The molecule has 0 atom stereocenters. The van der Waals surface area contributed by atoms with Crippen LogP contribution < -0.4 is 15.4 Å². The summed E-state index contributed by atoms with van der Waals surface area (Å²) < 4.78 is 24.1. The van der Waals surface area contributed by atoms with Gasteiger partial charge in [0.25, 0.3) is 0 Å². The summed E-state index contributed by atoms with van der Waals surface area (Å²) in [6.07, 6.45) is 6.86. The van der Waals surface area contributed by atoms with Crippen molar-refractivity contribution in [3.05, 3.63) is 77.5 Å². The number of hydrogen-bond donors (Lipinski definition) is 2. The number of benzene rings is 2. The molecule has 7 nitrogen and oxygen atoms in total. The fourth-order valence-corrected chi connectivity index (χ4v) is 3.44. The van der Waals surface area contributed by atoms with Crippen LogP contribution in [0.5, 0.6) is 0 Å². The van der Waals surface area contributed by atoms with Gasteiger partial charge < -0.3 is 5.32 Å². The van der Waals surface area contributed by atoms with Crippen LogP contribution in [0.4, 0.5) is 11.4 Å². The molecule has 3 N–H and O–H groups in total. The quantitative estimate of drug-likeness (QED) is 0.492. The van der Waals surface area contributed by atoms with Gasteiger partial charge >= 0.3 is 0 Å². The van der Waals surface area contributed by atoms with Gasteiger partial charge in [-0.25, -0.2) is 13.6 Å². The minimum atomic E-state index is -4.17. The van der Waals surface area contributed by atoms with Crippen molar-refractivity contribution < 1.29 is 18.0 Å². The van der Waals surface area contributed by atoms with E-state index in [9.17, 15) is 18.0 Å². The third-order valence-electron chi connectivity index (χ3n) is 3.80. The number of nitrogens with one attached hydrogen (secondary N) is 1. The molecule has 0 aromatic heterocycles. The highest BCUT2D eigenvalue weighted by molar-refractivity contribution is 7.89. The number of nitrogens with zero attached hydrogens (tertiary/aromatic N) is 1. The van der Waals surface area contributed by atoms with Gasteiger partial charge in [0.05, 0.1) is 12.1 Å². The molecule has 2 aromatic carbocycles. The number of amides is 2. The van der Waals surface area contributed by atoms with Crippen molar-refractivity contribution in [3.8, 4) is 0 Å². The Kier molecular flexibility index (Phi) is 7.72. The van der Waals surface area contributed by atoms with Gasteiger partial charge in [0.15, 0.2) is 0 Å². The Bertz CT molecular complexity index is 1070. The summed E-state index contributed by atoms with van der Waals surface area (Å²) in [5.74, 6) is -0.383. The standard InChI is InChI=1S/C20H20ClN3O4S/c1-2-3-6-11-24(14-25)18-10-9-16(13-19(18)29(22,27)28)23-20(26)12-15-7-4-5-8-17(15)21/h2-11,13-14H,12H2,1H3,(H,23,26)(H2,22,27,28)/b3-2-,11-6-. The van der Waals surface area contributed by atoms with E-state index < -0.39 is 10.0 Å². The topological polar surface area (TPSA) is 110 Å². The van der Waals surface area contributed by atoms with Crippen LogP contribution in [-0.4, -0.2) is 20.7 Å². The largest absolute Gasteiger partial charge is 0.326 e. The maximum absolute atomic E-state index is 12.3. The zero-order chi connectivity index (χ0) is 21.4. The monoisotopic (exact) mass is 433 g/mol. The maximum atomic E-state index is 12.3. The number of sulfonamides is 1. The molecular formula is C20H20ClN3O4S. The van der Waals surface area contributed by atoms with Crippen molar-refractivity contribution in [1.82, 2.24) is 0 Å². The smallest absolute Gasteiger partial charge is 0.240 e. The average molecular weight is 434 g/mol. The van der Waals surface area contributed by atoms with E-state index in [1.54, 1.807) is 49.4 Å². The summed E-state index contributed by atoms with van der Waals surface area (Å²) >= 11 is 6.05. The van der Waals surface area contributed by atoms with E-state index in [2.05, 4.69) is 5.32 Å². The van der Waals surface area contributed by atoms with E-state index in [0.717, 1.165) is 4.90 Å². The molecule has 0 spiro atoms. The van der Waals surface area contributed by atoms with E-state index in [1.807, 2.05) is 0 Å². The van der Waals surface area contributed by atoms with Crippen LogP contribution in [0.1, 0.15) is 12.5 Å². The summed E-state index contributed by atoms with van der Waals surface area (Å²) in [6, 6.07) is 11.0. The molecule has 0 fully saturated rings. The number of allylic oxidation sites excluding steroid dienone is 3. The molecule has 0 aliphatic carbocycles. The Labute approximate surface area is 174 Å². The van der Waals surface area contributed by atoms with Crippen molar-refractivity contribution in [3.63, 3.8) is 0 Å². The first-order valence-corrected chi connectivity index (χ1v) is 10.4. The van der Waals surface area contributed by atoms with Gasteiger partial charge in [-0.3, -0.25) is 14.5 Å². The Morgan fingerprint density at radius 3 is 2.55 bits per heavy atom. The van der Waals surface area contributed by atoms with E-state index >= 15 is 0 Å². The third kappa shape index (κ3) is 6.28. The van der Waals surface area contributed by atoms with E-state index in [0.29, 0.717) is 17.0 Å². The van der Waals surface area contributed by atoms with Crippen LogP contribution in [0.15, 0.2) is 71.8 Å². The Hall–Kier alpha value is -2.94. The van der Waals surface area contributed by atoms with Crippen LogP contribution >= 0.6 is 11.6 Å². The minimum absolute atomic E-state index is 0.0126. The van der Waals surface area contributed by atoms with E-state index in [4.69, 9.17) is 16.7 Å². The van der Waals surface area contributed by atoms with Crippen molar-refractivity contribution in [1.29, 1.82) is 0 Å². The summed E-state index contributed by atoms with van der Waals surface area (Å²) in [5.41, 5.74) is 0.918. The summed E-state index contributed by atoms with van der Waals surface area (Å²) in [4.78, 5) is 24.5. The molecule has 0 bridgehead atoms. The normalized spacial score (nSPS) is 11.7. The van der Waals surface area contributed by atoms with Gasteiger partial charge in [-0.2, -0.15) is 0 Å². The predicted octanol–water partition coefficient (Wildman–Crippen LogP) is 3.22. The molecule has 0 heterocycles. The molecule has 0 radical (unpaired) electrons. The molecule has 29 heavy (non-hydrogen) atoms. The Morgan fingerprint density at radius 2 is 1.93 bits per heavy atom. The molecule has 0 unspecified atom stereocenters. The van der Waals surface area contributed by atoms with Crippen LogP contribution in [0.2, 0.25) is 5.02 Å². The first-order valence-electron chi connectivity index (χ1n) is 8.49. The van der Waals surface area contributed by atoms with Crippen molar-refractivity contribution in [2.75, 3.05) is 10.2 Å². The molecule has 0 saturated carbocycles. The third-order valence-corrected chi connectivity index (χ3v) is 5.11. The van der Waals surface area contributed by atoms with Crippen molar-refractivity contribution in [2.24, 2.45) is 5.14 Å². The first-order chi connectivity index (χ1) is 13.8. The summed E-state index contributed by atoms with van der Waals surface area (Å²) in [6.45, 7) is 1.80. The highest BCUT2D eigenvalue weighted by atomic mass is 35.5. The van der Waals surface area contributed by atoms with Crippen LogP contribution in [-0.2, 0) is 26.0 Å². The summed E-state index contributed by atoms with van der Waals surface area (Å²) in [5, 5.41) is 8.38. The number of nitrogens with two attached hydrogens (primary N) is 1. The second-order valence-electron chi connectivity index (χ2n) is 5.92. The number of hydrogen-bond acceptors (Lipinski definition) is 4.